The lowest BCUT2D eigenvalue weighted by molar-refractivity contribution is -0.164. The normalized spacial score (nSPS) is 11.6. The van der Waals surface area contributed by atoms with Crippen LogP contribution in [0.4, 0.5) is 8.78 Å². The van der Waals surface area contributed by atoms with E-state index in [-0.39, 0.29) is 19.3 Å². The van der Waals surface area contributed by atoms with Gasteiger partial charge < -0.3 is 14.2 Å². The largest absolute Gasteiger partial charge is 0.462 e. The Morgan fingerprint density at radius 1 is 0.971 bits per heavy atom. The maximum absolute atomic E-state index is 13.5. The Morgan fingerprint density at radius 3 is 2.26 bits per heavy atom. The second-order valence-corrected chi connectivity index (χ2v) is 9.40. The Kier molecular flexibility index (Phi) is 9.25. The van der Waals surface area contributed by atoms with Gasteiger partial charge in [-0.1, -0.05) is 37.8 Å². The summed E-state index contributed by atoms with van der Waals surface area (Å²) >= 11 is 0. The maximum atomic E-state index is 13.5. The summed E-state index contributed by atoms with van der Waals surface area (Å²) in [6, 6.07) is 10.9. The van der Waals surface area contributed by atoms with Crippen LogP contribution in [0.1, 0.15) is 31.7 Å². The van der Waals surface area contributed by atoms with Crippen LogP contribution >= 0.6 is 0 Å². The van der Waals surface area contributed by atoms with Crippen LogP contribution in [0.15, 0.2) is 43.0 Å². The first-order valence-corrected chi connectivity index (χ1v) is 11.9. The number of esters is 3. The standard InChI is InChI=1S/C23H24F2O8S/c1-3-16-8-9-18-15-19(11-10-17(18)14-16)33-21(27)7-5-6-20(26)31-12-13-32-22(28)23(24,25)34(29,30)4-2/h3,8-11,14-15H,1,4-7,12-13H2,2H3. The molecular formula is C23H24F2O8S. The molecule has 0 aliphatic carbocycles. The van der Waals surface area contributed by atoms with E-state index in [1.165, 1.54) is 0 Å². The van der Waals surface area contributed by atoms with Crippen molar-refractivity contribution in [3.63, 3.8) is 0 Å². The smallest absolute Gasteiger partial charge is 0.439 e. The second-order valence-electron chi connectivity index (χ2n) is 7.08. The molecule has 0 bridgehead atoms. The molecule has 0 aliphatic rings. The van der Waals surface area contributed by atoms with E-state index in [0.29, 0.717) is 5.75 Å². The van der Waals surface area contributed by atoms with Crippen LogP contribution in [0.5, 0.6) is 5.75 Å². The lowest BCUT2D eigenvalue weighted by atomic mass is 10.1. The van der Waals surface area contributed by atoms with Crippen molar-refractivity contribution in [2.45, 2.75) is 31.4 Å². The minimum Gasteiger partial charge on any atom is -0.462 e. The van der Waals surface area contributed by atoms with Gasteiger partial charge in [0, 0.05) is 12.8 Å². The molecule has 34 heavy (non-hydrogen) atoms. The van der Waals surface area contributed by atoms with E-state index >= 15 is 0 Å². The number of rotatable bonds is 12. The van der Waals surface area contributed by atoms with E-state index in [1.807, 2.05) is 24.3 Å². The molecule has 0 saturated heterocycles. The van der Waals surface area contributed by atoms with Crippen molar-refractivity contribution in [2.24, 2.45) is 0 Å². The topological polar surface area (TPSA) is 113 Å². The number of hydrogen-bond donors (Lipinski definition) is 0. The SMILES string of the molecule is C=Cc1ccc2cc(OC(=O)CCCC(=O)OCCOC(=O)C(F)(F)S(=O)(=O)CC)ccc2c1. The van der Waals surface area contributed by atoms with Crippen LogP contribution in [0.25, 0.3) is 16.8 Å². The maximum Gasteiger partial charge on any atom is 0.439 e. The minimum absolute atomic E-state index is 0.0708. The van der Waals surface area contributed by atoms with E-state index < -0.39 is 52.0 Å². The van der Waals surface area contributed by atoms with Gasteiger partial charge in [-0.25, -0.2) is 13.2 Å². The first kappa shape index (κ1) is 26.9. The fourth-order valence-corrected chi connectivity index (χ4v) is 3.42. The number of sulfone groups is 1. The summed E-state index contributed by atoms with van der Waals surface area (Å²) in [6.07, 6.45) is 1.61. The molecule has 0 aliphatic heterocycles. The fraction of sp³-hybridized carbons (Fsp3) is 0.348. The number of hydrogen-bond acceptors (Lipinski definition) is 8. The molecule has 8 nitrogen and oxygen atoms in total. The van der Waals surface area contributed by atoms with Crippen molar-refractivity contribution < 1.29 is 45.8 Å². The van der Waals surface area contributed by atoms with Gasteiger partial charge in [0.2, 0.25) is 9.84 Å². The summed E-state index contributed by atoms with van der Waals surface area (Å²) in [5, 5.41) is -2.84. The molecule has 0 saturated carbocycles. The molecule has 0 heterocycles. The van der Waals surface area contributed by atoms with Crippen LogP contribution in [0.2, 0.25) is 0 Å². The van der Waals surface area contributed by atoms with Crippen LogP contribution in [-0.2, 0) is 33.7 Å². The highest BCUT2D eigenvalue weighted by atomic mass is 32.2. The molecule has 0 N–H and O–H groups in total. The molecule has 0 amide bonds. The Morgan fingerprint density at radius 2 is 1.59 bits per heavy atom. The first-order chi connectivity index (χ1) is 16.0. The summed E-state index contributed by atoms with van der Waals surface area (Å²) in [5.41, 5.74) is 0.963. The van der Waals surface area contributed by atoms with Crippen molar-refractivity contribution >= 4 is 44.6 Å². The number of carbonyl (C=O) groups is 3. The van der Waals surface area contributed by atoms with Gasteiger partial charge >= 0.3 is 23.2 Å². The van der Waals surface area contributed by atoms with Gasteiger partial charge in [0.1, 0.15) is 19.0 Å². The first-order valence-electron chi connectivity index (χ1n) is 10.3. The third-order valence-corrected chi connectivity index (χ3v) is 6.36. The molecule has 184 valence electrons. The van der Waals surface area contributed by atoms with Crippen molar-refractivity contribution in [1.82, 2.24) is 0 Å². The van der Waals surface area contributed by atoms with Gasteiger partial charge in [-0.2, -0.15) is 8.78 Å². The van der Waals surface area contributed by atoms with E-state index in [0.717, 1.165) is 23.3 Å². The average Bonchev–Trinajstić information content (AvgIpc) is 2.81. The van der Waals surface area contributed by atoms with Crippen LogP contribution < -0.4 is 4.74 Å². The van der Waals surface area contributed by atoms with Crippen molar-refractivity contribution in [1.29, 1.82) is 0 Å². The Balaban J connectivity index is 1.69. The molecule has 2 aromatic rings. The zero-order valence-electron chi connectivity index (χ0n) is 18.4. The monoisotopic (exact) mass is 498 g/mol. The number of ether oxygens (including phenoxy) is 3. The van der Waals surface area contributed by atoms with E-state index in [9.17, 15) is 31.6 Å². The predicted octanol–water partition coefficient (Wildman–Crippen LogP) is 3.67. The Bertz CT molecular complexity index is 1170. The zero-order valence-corrected chi connectivity index (χ0v) is 19.2. The molecule has 0 radical (unpaired) electrons. The minimum atomic E-state index is -4.97. The summed E-state index contributed by atoms with van der Waals surface area (Å²) in [4.78, 5) is 34.9. The quantitative estimate of drug-likeness (QED) is 0.247. The molecule has 2 aromatic carbocycles. The van der Waals surface area contributed by atoms with Crippen LogP contribution in [0, 0.1) is 0 Å². The van der Waals surface area contributed by atoms with Gasteiger partial charge in [0.15, 0.2) is 0 Å². The number of carbonyl (C=O) groups excluding carboxylic acids is 3. The molecule has 11 heteroatoms. The third-order valence-electron chi connectivity index (χ3n) is 4.65. The highest BCUT2D eigenvalue weighted by Gasteiger charge is 2.53. The number of alkyl halides is 2. The highest BCUT2D eigenvalue weighted by molar-refractivity contribution is 7.93. The van der Waals surface area contributed by atoms with Gasteiger partial charge in [0.05, 0.1) is 5.75 Å². The summed E-state index contributed by atoms with van der Waals surface area (Å²) < 4.78 is 63.5. The zero-order chi connectivity index (χ0) is 25.4. The molecule has 0 atom stereocenters. The Labute approximate surface area is 195 Å². The second kappa shape index (κ2) is 11.7. The van der Waals surface area contributed by atoms with E-state index in [2.05, 4.69) is 11.3 Å². The molecule has 0 unspecified atom stereocenters. The van der Waals surface area contributed by atoms with Crippen molar-refractivity contribution in [3.8, 4) is 5.75 Å². The Hall–Kier alpha value is -3.34. The fourth-order valence-electron chi connectivity index (χ4n) is 2.75. The summed E-state index contributed by atoms with van der Waals surface area (Å²) in [7, 11) is -4.97. The highest BCUT2D eigenvalue weighted by Crippen LogP contribution is 2.24. The molecule has 0 fully saturated rings. The van der Waals surface area contributed by atoms with E-state index in [1.54, 1.807) is 18.2 Å². The summed E-state index contributed by atoms with van der Waals surface area (Å²) in [6.45, 7) is 3.40. The lowest BCUT2D eigenvalue weighted by Crippen LogP contribution is -2.40. The van der Waals surface area contributed by atoms with E-state index in [4.69, 9.17) is 9.47 Å². The molecule has 2 rings (SSSR count). The summed E-state index contributed by atoms with van der Waals surface area (Å²) in [5.74, 6) is -4.12. The molecular weight excluding hydrogens is 474 g/mol. The molecule has 0 spiro atoms. The molecule has 0 aromatic heterocycles. The van der Waals surface area contributed by atoms with Crippen molar-refractivity contribution in [2.75, 3.05) is 19.0 Å². The lowest BCUT2D eigenvalue weighted by Gasteiger charge is -2.14. The van der Waals surface area contributed by atoms with Crippen LogP contribution in [-0.4, -0.2) is 50.5 Å². The average molecular weight is 499 g/mol. The van der Waals surface area contributed by atoms with Crippen molar-refractivity contribution in [3.05, 3.63) is 48.5 Å². The van der Waals surface area contributed by atoms with Gasteiger partial charge in [0.25, 0.3) is 0 Å². The number of halogens is 2. The van der Waals surface area contributed by atoms with Gasteiger partial charge in [-0.15, -0.1) is 0 Å². The van der Waals surface area contributed by atoms with Gasteiger partial charge in [-0.3, -0.25) is 9.59 Å². The number of fused-ring (bicyclic) bond motifs is 1. The van der Waals surface area contributed by atoms with Crippen LogP contribution in [0.3, 0.4) is 0 Å². The number of benzene rings is 2. The predicted molar refractivity (Wildman–Crippen MR) is 120 cm³/mol. The van der Waals surface area contributed by atoms with Gasteiger partial charge in [-0.05, 0) is 41.0 Å². The third kappa shape index (κ3) is 7.08.